The molecule has 0 saturated heterocycles. The molecule has 1 heterocycles. The molecule has 11 heteroatoms. The Morgan fingerprint density at radius 3 is 2.53 bits per heavy atom. The lowest BCUT2D eigenvalue weighted by Gasteiger charge is -2.24. The Balaban J connectivity index is 2.15. The van der Waals surface area contributed by atoms with Crippen molar-refractivity contribution in [3.05, 3.63) is 70.0 Å². The maximum absolute atomic E-state index is 13.8. The molecule has 0 aliphatic rings. The van der Waals surface area contributed by atoms with Gasteiger partial charge >= 0.3 is 6.18 Å². The number of pyridine rings is 1. The molecule has 3 rings (SSSR count). The molecule has 0 fully saturated rings. The maximum Gasteiger partial charge on any atom is 0.433 e. The summed E-state index contributed by atoms with van der Waals surface area (Å²) < 4.78 is 51.0. The number of nitrogens with zero attached hydrogens (tertiary/aromatic N) is 2. The smallest absolute Gasteiger partial charge is 0.433 e. The van der Waals surface area contributed by atoms with Crippen molar-refractivity contribution in [1.29, 1.82) is 0 Å². The van der Waals surface area contributed by atoms with E-state index in [0.29, 0.717) is 24.3 Å². The first-order chi connectivity index (χ1) is 18.0. The van der Waals surface area contributed by atoms with Gasteiger partial charge in [-0.3, -0.25) is 9.78 Å². The van der Waals surface area contributed by atoms with E-state index in [0.717, 1.165) is 17.8 Å². The van der Waals surface area contributed by atoms with E-state index in [4.69, 9.17) is 31.9 Å². The molecular weight excluding hydrogens is 523 g/mol. The molecule has 2 aromatic carbocycles. The number of aliphatic hydroxyl groups is 1. The molecule has 0 spiro atoms. The lowest BCUT2D eigenvalue weighted by molar-refractivity contribution is -0.141. The van der Waals surface area contributed by atoms with Crippen LogP contribution in [0.5, 0.6) is 11.5 Å². The number of ether oxygens (including phenoxy) is 2. The van der Waals surface area contributed by atoms with Crippen molar-refractivity contribution >= 4 is 23.2 Å². The summed E-state index contributed by atoms with van der Waals surface area (Å²) in [5, 5.41) is 9.21. The number of carbonyl (C=O) groups is 1. The van der Waals surface area contributed by atoms with Crippen molar-refractivity contribution in [3.8, 4) is 22.6 Å². The predicted molar refractivity (Wildman–Crippen MR) is 140 cm³/mol. The fourth-order valence-electron chi connectivity index (χ4n) is 4.02. The van der Waals surface area contributed by atoms with Crippen molar-refractivity contribution in [3.63, 3.8) is 0 Å². The molecule has 3 aromatic rings. The van der Waals surface area contributed by atoms with Crippen LogP contribution in [-0.2, 0) is 12.7 Å². The Morgan fingerprint density at radius 2 is 1.89 bits per heavy atom. The number of aryl methyl sites for hydroxylation is 1. The lowest BCUT2D eigenvalue weighted by atomic mass is 9.98. The second kappa shape index (κ2) is 12.5. The molecule has 0 atom stereocenters. The van der Waals surface area contributed by atoms with Crippen LogP contribution in [0.15, 0.2) is 42.6 Å². The fourth-order valence-corrected chi connectivity index (χ4v) is 4.27. The number of unbranched alkanes of at least 4 members (excludes halogenated alkanes) is 1. The number of aliphatic hydroxyl groups excluding tert-OH is 1. The third-order valence-electron chi connectivity index (χ3n) is 5.96. The van der Waals surface area contributed by atoms with E-state index < -0.39 is 17.8 Å². The third kappa shape index (κ3) is 6.38. The quantitative estimate of drug-likeness (QED) is 0.317. The second-order valence-electron chi connectivity index (χ2n) is 8.53. The molecule has 0 unspecified atom stereocenters. The van der Waals surface area contributed by atoms with Crippen LogP contribution in [0.25, 0.3) is 11.1 Å². The molecule has 204 valence electrons. The zero-order valence-electron chi connectivity index (χ0n) is 21.2. The first-order valence-corrected chi connectivity index (χ1v) is 12.2. The molecule has 1 aromatic heterocycles. The van der Waals surface area contributed by atoms with Gasteiger partial charge < -0.3 is 25.2 Å². The van der Waals surface area contributed by atoms with Crippen LogP contribution in [0.1, 0.15) is 40.0 Å². The van der Waals surface area contributed by atoms with Gasteiger partial charge in [0.05, 0.1) is 30.0 Å². The summed E-state index contributed by atoms with van der Waals surface area (Å²) in [5.41, 5.74) is 6.87. The third-order valence-corrected chi connectivity index (χ3v) is 6.27. The average molecular weight is 552 g/mol. The highest BCUT2D eigenvalue weighted by atomic mass is 35.5. The highest BCUT2D eigenvalue weighted by molar-refractivity contribution is 6.34. The summed E-state index contributed by atoms with van der Waals surface area (Å²) in [5.74, 6) is 0.218. The summed E-state index contributed by atoms with van der Waals surface area (Å²) in [6.07, 6.45) is -2.55. The number of hydrogen-bond acceptors (Lipinski definition) is 6. The molecule has 0 aliphatic carbocycles. The van der Waals surface area contributed by atoms with Crippen LogP contribution < -0.4 is 20.1 Å². The number of nitrogens with two attached hydrogens (primary N) is 1. The Morgan fingerprint density at radius 1 is 1.16 bits per heavy atom. The van der Waals surface area contributed by atoms with E-state index in [1.54, 1.807) is 19.2 Å². The minimum atomic E-state index is -4.64. The van der Waals surface area contributed by atoms with Crippen molar-refractivity contribution in [2.75, 3.05) is 32.3 Å². The standard InChI is InChI=1S/C27H29ClF3N3O4/c1-16-7-6-8-22(37-3)25(16)34(2)26(36)19-12-18(21(28)13-23(19)38-10-5-4-9-35)20-15-33-24(27(29,30)31)11-17(20)14-32/h6-8,11-13,15,35H,4-5,9-10,14,32H2,1-3H3. The van der Waals surface area contributed by atoms with Crippen molar-refractivity contribution in [2.45, 2.75) is 32.5 Å². The van der Waals surface area contributed by atoms with Crippen LogP contribution in [0.2, 0.25) is 5.02 Å². The van der Waals surface area contributed by atoms with Gasteiger partial charge in [-0.2, -0.15) is 13.2 Å². The predicted octanol–water partition coefficient (Wildman–Crippen LogP) is 5.62. The van der Waals surface area contributed by atoms with Gasteiger partial charge in [0, 0.05) is 43.6 Å². The molecule has 0 radical (unpaired) electrons. The van der Waals surface area contributed by atoms with Crippen molar-refractivity contribution in [1.82, 2.24) is 4.98 Å². The number of anilines is 1. The van der Waals surface area contributed by atoms with Gasteiger partial charge in [0.1, 0.15) is 17.2 Å². The number of benzene rings is 2. The van der Waals surface area contributed by atoms with E-state index in [9.17, 15) is 18.0 Å². The fraction of sp³-hybridized carbons (Fsp3) is 0.333. The normalized spacial score (nSPS) is 11.4. The molecule has 0 saturated carbocycles. The summed E-state index contributed by atoms with van der Waals surface area (Å²) in [6, 6.07) is 9.16. The highest BCUT2D eigenvalue weighted by Crippen LogP contribution is 2.39. The number of amides is 1. The summed E-state index contributed by atoms with van der Waals surface area (Å²) in [4.78, 5) is 18.8. The first kappa shape index (κ1) is 29.2. The SMILES string of the molecule is COc1cccc(C)c1N(C)C(=O)c1cc(-c2cnc(C(F)(F)F)cc2CN)c(Cl)cc1OCCCCO. The van der Waals surface area contributed by atoms with Crippen LogP contribution in [0.4, 0.5) is 18.9 Å². The van der Waals surface area contributed by atoms with Gasteiger partial charge in [-0.25, -0.2) is 0 Å². The molecule has 1 amide bonds. The van der Waals surface area contributed by atoms with Gasteiger partial charge in [-0.05, 0) is 49.1 Å². The van der Waals surface area contributed by atoms with Gasteiger partial charge in [0.15, 0.2) is 0 Å². The number of halogens is 4. The highest BCUT2D eigenvalue weighted by Gasteiger charge is 2.33. The second-order valence-corrected chi connectivity index (χ2v) is 8.93. The largest absolute Gasteiger partial charge is 0.495 e. The van der Waals surface area contributed by atoms with E-state index in [1.165, 1.54) is 24.1 Å². The number of rotatable bonds is 10. The van der Waals surface area contributed by atoms with Crippen LogP contribution in [0.3, 0.4) is 0 Å². The topological polar surface area (TPSA) is 97.9 Å². The van der Waals surface area contributed by atoms with E-state index >= 15 is 0 Å². The monoisotopic (exact) mass is 551 g/mol. The molecule has 38 heavy (non-hydrogen) atoms. The molecule has 7 nitrogen and oxygen atoms in total. The summed E-state index contributed by atoms with van der Waals surface area (Å²) in [7, 11) is 3.08. The maximum atomic E-state index is 13.8. The van der Waals surface area contributed by atoms with E-state index in [2.05, 4.69) is 4.98 Å². The van der Waals surface area contributed by atoms with Crippen LogP contribution in [-0.4, -0.2) is 43.4 Å². The van der Waals surface area contributed by atoms with Crippen LogP contribution in [0, 0.1) is 6.92 Å². The van der Waals surface area contributed by atoms with Crippen molar-refractivity contribution in [2.24, 2.45) is 5.73 Å². The Hall–Kier alpha value is -3.34. The zero-order valence-corrected chi connectivity index (χ0v) is 22.0. The number of methoxy groups -OCH3 is 1. The van der Waals surface area contributed by atoms with Gasteiger partial charge in [-0.1, -0.05) is 23.7 Å². The molecule has 3 N–H and O–H groups in total. The molecule has 0 bridgehead atoms. The number of para-hydroxylation sites is 1. The van der Waals surface area contributed by atoms with E-state index in [-0.39, 0.29) is 52.8 Å². The van der Waals surface area contributed by atoms with Gasteiger partial charge in [0.25, 0.3) is 5.91 Å². The van der Waals surface area contributed by atoms with Crippen molar-refractivity contribution < 1.29 is 32.5 Å². The Labute approximate surface area is 223 Å². The first-order valence-electron chi connectivity index (χ1n) is 11.8. The number of carbonyl (C=O) groups excluding carboxylic acids is 1. The average Bonchev–Trinajstić information content (AvgIpc) is 2.89. The van der Waals surface area contributed by atoms with Gasteiger partial charge in [-0.15, -0.1) is 0 Å². The summed E-state index contributed by atoms with van der Waals surface area (Å²) >= 11 is 6.55. The molecular formula is C27H29ClF3N3O4. The molecule has 0 aliphatic heterocycles. The lowest BCUT2D eigenvalue weighted by Crippen LogP contribution is -2.28. The minimum absolute atomic E-state index is 0.00650. The zero-order chi connectivity index (χ0) is 28.0. The Bertz CT molecular complexity index is 1300. The van der Waals surface area contributed by atoms with E-state index in [1.807, 2.05) is 13.0 Å². The number of alkyl halides is 3. The van der Waals surface area contributed by atoms with Crippen LogP contribution >= 0.6 is 11.6 Å². The summed E-state index contributed by atoms with van der Waals surface area (Å²) in [6.45, 7) is 1.83. The number of aromatic nitrogens is 1. The number of hydrogen-bond donors (Lipinski definition) is 2. The van der Waals surface area contributed by atoms with Gasteiger partial charge in [0.2, 0.25) is 0 Å². The Kier molecular flexibility index (Phi) is 9.59. The minimum Gasteiger partial charge on any atom is -0.495 e.